The zero-order chi connectivity index (χ0) is 15.5. The molecule has 0 bridgehead atoms. The number of halogens is 1. The molecular formula is C13H13ClN2NaO3S2. The van der Waals surface area contributed by atoms with Crippen LogP contribution in [0.2, 0.25) is 5.02 Å². The zero-order valence-corrected chi connectivity index (χ0v) is 16.5. The van der Waals surface area contributed by atoms with Gasteiger partial charge in [-0.05, 0) is 42.8 Å². The molecule has 0 fully saturated rings. The normalized spacial score (nSPS) is 10.6. The molecule has 0 saturated carbocycles. The predicted octanol–water partition coefficient (Wildman–Crippen LogP) is 3.09. The number of carbonyl (C=O) groups is 1. The molecule has 0 spiro atoms. The van der Waals surface area contributed by atoms with Crippen LogP contribution in [0.5, 0.6) is 0 Å². The number of anilines is 1. The van der Waals surface area contributed by atoms with Gasteiger partial charge in [-0.3, -0.25) is 0 Å². The maximum atomic E-state index is 12.0. The quantitative estimate of drug-likeness (QED) is 0.815. The first kappa shape index (κ1) is 19.5. The minimum Gasteiger partial charge on any atom is -0.307 e. The van der Waals surface area contributed by atoms with E-state index in [1.54, 1.807) is 30.3 Å². The Hall–Kier alpha value is -0.570. The SMILES string of the molecule is CCc1ccc(S(=O)(=O)NC(=O)Nc2ccc(Cl)cc2)s1.[Na]. The van der Waals surface area contributed by atoms with E-state index in [4.69, 9.17) is 11.6 Å². The fourth-order valence-electron chi connectivity index (χ4n) is 1.55. The summed E-state index contributed by atoms with van der Waals surface area (Å²) in [6.45, 7) is 1.93. The summed E-state index contributed by atoms with van der Waals surface area (Å²) in [5.41, 5.74) is 0.451. The maximum absolute atomic E-state index is 12.0. The van der Waals surface area contributed by atoms with E-state index in [1.807, 2.05) is 11.6 Å². The van der Waals surface area contributed by atoms with Crippen molar-refractivity contribution in [3.05, 3.63) is 46.3 Å². The van der Waals surface area contributed by atoms with Gasteiger partial charge in [0, 0.05) is 45.1 Å². The molecule has 113 valence electrons. The number of rotatable bonds is 4. The molecule has 0 aliphatic rings. The minimum absolute atomic E-state index is 0. The molecule has 1 radical (unpaired) electrons. The summed E-state index contributed by atoms with van der Waals surface area (Å²) in [5.74, 6) is 0. The van der Waals surface area contributed by atoms with Crippen molar-refractivity contribution in [2.75, 3.05) is 5.32 Å². The van der Waals surface area contributed by atoms with Gasteiger partial charge in [0.05, 0.1) is 0 Å². The molecule has 0 unspecified atom stereocenters. The summed E-state index contributed by atoms with van der Waals surface area (Å²) in [5, 5.41) is 2.96. The molecule has 9 heteroatoms. The number of urea groups is 1. The van der Waals surface area contributed by atoms with Crippen molar-refractivity contribution >= 4 is 74.2 Å². The third kappa shape index (κ3) is 5.26. The smallest absolute Gasteiger partial charge is 0.307 e. The van der Waals surface area contributed by atoms with Crippen molar-refractivity contribution in [3.8, 4) is 0 Å². The van der Waals surface area contributed by atoms with Crippen LogP contribution in [0.15, 0.2) is 40.6 Å². The fourth-order valence-corrected chi connectivity index (χ4v) is 3.88. The van der Waals surface area contributed by atoms with E-state index in [-0.39, 0.29) is 33.8 Å². The minimum atomic E-state index is -3.85. The number of sulfonamides is 1. The molecule has 2 rings (SSSR count). The standard InChI is InChI=1S/C13H13ClN2O3S2.Na/c1-2-11-7-8-12(20-11)21(18,19)16-13(17)15-10-5-3-9(14)4-6-10;/h3-8H,2H2,1H3,(H2,15,16,17);. The Labute approximate surface area is 160 Å². The van der Waals surface area contributed by atoms with Gasteiger partial charge in [0.15, 0.2) is 0 Å². The molecule has 1 aromatic carbocycles. The van der Waals surface area contributed by atoms with Gasteiger partial charge in [0.1, 0.15) is 4.21 Å². The van der Waals surface area contributed by atoms with Crippen molar-refractivity contribution in [1.82, 2.24) is 4.72 Å². The second-order valence-electron chi connectivity index (χ2n) is 4.14. The second-order valence-corrected chi connectivity index (χ2v) is 7.65. The zero-order valence-electron chi connectivity index (χ0n) is 12.1. The van der Waals surface area contributed by atoms with Gasteiger partial charge >= 0.3 is 6.03 Å². The van der Waals surface area contributed by atoms with Crippen LogP contribution in [0, 0.1) is 0 Å². The fraction of sp³-hybridized carbons (Fsp3) is 0.154. The predicted molar refractivity (Wildman–Crippen MR) is 90.2 cm³/mol. The van der Waals surface area contributed by atoms with Crippen LogP contribution >= 0.6 is 22.9 Å². The summed E-state index contributed by atoms with van der Waals surface area (Å²) in [4.78, 5) is 12.7. The van der Waals surface area contributed by atoms with Gasteiger partial charge in [0.2, 0.25) is 0 Å². The van der Waals surface area contributed by atoms with Crippen LogP contribution in [-0.4, -0.2) is 44.0 Å². The monoisotopic (exact) mass is 367 g/mol. The number of aryl methyl sites for hydroxylation is 1. The molecule has 2 N–H and O–H groups in total. The molecular weight excluding hydrogens is 355 g/mol. The van der Waals surface area contributed by atoms with Gasteiger partial charge in [-0.1, -0.05) is 18.5 Å². The largest absolute Gasteiger partial charge is 0.333 e. The molecule has 0 aliphatic heterocycles. The summed E-state index contributed by atoms with van der Waals surface area (Å²) in [6.07, 6.45) is 0.747. The Bertz CT molecular complexity index is 745. The van der Waals surface area contributed by atoms with E-state index in [9.17, 15) is 13.2 Å². The van der Waals surface area contributed by atoms with Crippen molar-refractivity contribution in [3.63, 3.8) is 0 Å². The summed E-state index contributed by atoms with van der Waals surface area (Å²) < 4.78 is 26.2. The Balaban J connectivity index is 0.00000242. The molecule has 0 aliphatic carbocycles. The molecule has 22 heavy (non-hydrogen) atoms. The Morgan fingerprint density at radius 2 is 1.82 bits per heavy atom. The van der Waals surface area contributed by atoms with E-state index >= 15 is 0 Å². The third-order valence-corrected chi connectivity index (χ3v) is 5.88. The topological polar surface area (TPSA) is 75.3 Å². The molecule has 1 aromatic heterocycles. The number of thiophene rings is 1. The Kier molecular flexibility index (Phi) is 7.37. The van der Waals surface area contributed by atoms with Crippen molar-refractivity contribution in [1.29, 1.82) is 0 Å². The van der Waals surface area contributed by atoms with E-state index in [1.165, 1.54) is 6.07 Å². The van der Waals surface area contributed by atoms with Gasteiger partial charge in [-0.15, -0.1) is 11.3 Å². The van der Waals surface area contributed by atoms with Crippen molar-refractivity contribution in [2.24, 2.45) is 0 Å². The van der Waals surface area contributed by atoms with Crippen LogP contribution in [0.25, 0.3) is 0 Å². The van der Waals surface area contributed by atoms with Crippen LogP contribution in [-0.2, 0) is 16.4 Å². The van der Waals surface area contributed by atoms with Crippen LogP contribution in [0.1, 0.15) is 11.8 Å². The van der Waals surface area contributed by atoms with E-state index < -0.39 is 16.1 Å². The summed E-state index contributed by atoms with van der Waals surface area (Å²) >= 11 is 6.87. The van der Waals surface area contributed by atoms with Crippen molar-refractivity contribution in [2.45, 2.75) is 17.6 Å². The van der Waals surface area contributed by atoms with Gasteiger partial charge in [-0.2, -0.15) is 0 Å². The first-order valence-corrected chi connectivity index (χ1v) is 8.76. The number of hydrogen-bond donors (Lipinski definition) is 2. The first-order chi connectivity index (χ1) is 9.90. The number of nitrogens with one attached hydrogen (secondary N) is 2. The number of carbonyl (C=O) groups excluding carboxylic acids is 1. The van der Waals surface area contributed by atoms with Crippen LogP contribution in [0.4, 0.5) is 10.5 Å². The third-order valence-electron chi connectivity index (χ3n) is 2.58. The van der Waals surface area contributed by atoms with E-state index in [0.29, 0.717) is 10.7 Å². The van der Waals surface area contributed by atoms with Gasteiger partial charge in [0.25, 0.3) is 10.0 Å². The number of benzene rings is 1. The molecule has 2 aromatic rings. The molecule has 0 atom stereocenters. The second kappa shape index (κ2) is 8.33. The Morgan fingerprint density at radius 3 is 2.36 bits per heavy atom. The number of hydrogen-bond acceptors (Lipinski definition) is 4. The molecule has 0 saturated heterocycles. The first-order valence-electron chi connectivity index (χ1n) is 6.09. The Morgan fingerprint density at radius 1 is 1.18 bits per heavy atom. The van der Waals surface area contributed by atoms with Crippen molar-refractivity contribution < 1.29 is 13.2 Å². The average molecular weight is 368 g/mol. The van der Waals surface area contributed by atoms with Gasteiger partial charge in [-0.25, -0.2) is 17.9 Å². The van der Waals surface area contributed by atoms with Gasteiger partial charge < -0.3 is 5.32 Å². The van der Waals surface area contributed by atoms with E-state index in [2.05, 4.69) is 5.32 Å². The molecule has 5 nitrogen and oxygen atoms in total. The van der Waals surface area contributed by atoms with Crippen LogP contribution in [0.3, 0.4) is 0 Å². The molecule has 1 heterocycles. The van der Waals surface area contributed by atoms with E-state index in [0.717, 1.165) is 22.6 Å². The average Bonchev–Trinajstić information content (AvgIpc) is 2.90. The number of amides is 2. The maximum Gasteiger partial charge on any atom is 0.333 e. The summed E-state index contributed by atoms with van der Waals surface area (Å²) in [7, 11) is -3.85. The van der Waals surface area contributed by atoms with Crippen LogP contribution < -0.4 is 10.0 Å². The molecule has 2 amide bonds. The summed E-state index contributed by atoms with van der Waals surface area (Å²) in [6, 6.07) is 8.75.